The van der Waals surface area contributed by atoms with Crippen LogP contribution in [-0.2, 0) is 6.42 Å². The maximum atomic E-state index is 4.73. The standard InChI is InChI=1S/C16H13BrN2S/c1-2-11-4-3-9-18-15(11)16-19-14(10-20-16)12-5-7-13(17)8-6-12/h3-10H,2H2,1H3. The second kappa shape index (κ2) is 5.85. The van der Waals surface area contributed by atoms with Crippen molar-refractivity contribution in [3.05, 3.63) is 58.0 Å². The van der Waals surface area contributed by atoms with Crippen LogP contribution in [0, 0.1) is 0 Å². The van der Waals surface area contributed by atoms with Crippen LogP contribution in [0.5, 0.6) is 0 Å². The molecule has 0 atom stereocenters. The number of aromatic nitrogens is 2. The monoisotopic (exact) mass is 344 g/mol. The summed E-state index contributed by atoms with van der Waals surface area (Å²) >= 11 is 5.10. The number of benzene rings is 1. The van der Waals surface area contributed by atoms with Crippen molar-refractivity contribution >= 4 is 27.3 Å². The quantitative estimate of drug-likeness (QED) is 0.652. The molecule has 3 rings (SSSR count). The van der Waals surface area contributed by atoms with E-state index in [0.29, 0.717) is 0 Å². The van der Waals surface area contributed by atoms with E-state index in [0.717, 1.165) is 32.9 Å². The minimum Gasteiger partial charge on any atom is -0.253 e. The van der Waals surface area contributed by atoms with Crippen molar-refractivity contribution in [2.75, 3.05) is 0 Å². The molecule has 0 amide bonds. The molecule has 0 saturated heterocycles. The molecule has 0 N–H and O–H groups in total. The molecule has 2 heterocycles. The van der Waals surface area contributed by atoms with Crippen molar-refractivity contribution in [1.29, 1.82) is 0 Å². The molecule has 0 fully saturated rings. The summed E-state index contributed by atoms with van der Waals surface area (Å²) in [7, 11) is 0. The summed E-state index contributed by atoms with van der Waals surface area (Å²) in [6.07, 6.45) is 2.80. The Morgan fingerprint density at radius 1 is 1.15 bits per heavy atom. The van der Waals surface area contributed by atoms with Gasteiger partial charge in [0.05, 0.1) is 5.69 Å². The zero-order chi connectivity index (χ0) is 13.9. The molecule has 20 heavy (non-hydrogen) atoms. The third-order valence-electron chi connectivity index (χ3n) is 3.12. The van der Waals surface area contributed by atoms with Gasteiger partial charge in [-0.2, -0.15) is 0 Å². The SMILES string of the molecule is CCc1cccnc1-c1nc(-c2ccc(Br)cc2)cs1. The fraction of sp³-hybridized carbons (Fsp3) is 0.125. The smallest absolute Gasteiger partial charge is 0.142 e. The topological polar surface area (TPSA) is 25.8 Å². The fourth-order valence-corrected chi connectivity index (χ4v) is 3.18. The number of aryl methyl sites for hydroxylation is 1. The van der Waals surface area contributed by atoms with Gasteiger partial charge in [0, 0.05) is 21.6 Å². The maximum absolute atomic E-state index is 4.73. The Balaban J connectivity index is 2.00. The van der Waals surface area contributed by atoms with E-state index in [1.54, 1.807) is 11.3 Å². The average molecular weight is 345 g/mol. The Kier molecular flexibility index (Phi) is 3.94. The maximum Gasteiger partial charge on any atom is 0.142 e. The highest BCUT2D eigenvalue weighted by Gasteiger charge is 2.10. The molecule has 2 aromatic heterocycles. The largest absolute Gasteiger partial charge is 0.253 e. The molecule has 0 aliphatic heterocycles. The van der Waals surface area contributed by atoms with Crippen LogP contribution in [-0.4, -0.2) is 9.97 Å². The molecule has 3 aromatic rings. The van der Waals surface area contributed by atoms with Crippen molar-refractivity contribution < 1.29 is 0 Å². The number of rotatable bonds is 3. The summed E-state index contributed by atoms with van der Waals surface area (Å²) in [5.41, 5.74) is 4.38. The average Bonchev–Trinajstić information content (AvgIpc) is 2.97. The van der Waals surface area contributed by atoms with Gasteiger partial charge in [-0.25, -0.2) is 4.98 Å². The Hall–Kier alpha value is -1.52. The number of hydrogen-bond acceptors (Lipinski definition) is 3. The zero-order valence-electron chi connectivity index (χ0n) is 11.0. The molecule has 0 aliphatic carbocycles. The van der Waals surface area contributed by atoms with Crippen molar-refractivity contribution in [1.82, 2.24) is 9.97 Å². The molecule has 0 radical (unpaired) electrons. The third-order valence-corrected chi connectivity index (χ3v) is 4.50. The van der Waals surface area contributed by atoms with Gasteiger partial charge in [-0.05, 0) is 30.2 Å². The molecule has 100 valence electrons. The number of pyridine rings is 1. The first kappa shape index (κ1) is 13.5. The third kappa shape index (κ3) is 2.67. The van der Waals surface area contributed by atoms with Gasteiger partial charge in [0.15, 0.2) is 0 Å². The Labute approximate surface area is 130 Å². The summed E-state index contributed by atoms with van der Waals surface area (Å²) in [6.45, 7) is 2.14. The van der Waals surface area contributed by atoms with Crippen molar-refractivity contribution in [2.24, 2.45) is 0 Å². The summed E-state index contributed by atoms with van der Waals surface area (Å²) in [6, 6.07) is 12.3. The molecule has 4 heteroatoms. The van der Waals surface area contributed by atoms with Gasteiger partial charge >= 0.3 is 0 Å². The molecule has 0 saturated carbocycles. The molecule has 0 spiro atoms. The van der Waals surface area contributed by atoms with Gasteiger partial charge in [-0.1, -0.05) is 41.1 Å². The first-order valence-electron chi connectivity index (χ1n) is 6.43. The molecule has 0 unspecified atom stereocenters. The summed E-state index contributed by atoms with van der Waals surface area (Å²) in [4.78, 5) is 9.21. The highest BCUT2D eigenvalue weighted by atomic mass is 79.9. The highest BCUT2D eigenvalue weighted by molar-refractivity contribution is 9.10. The normalized spacial score (nSPS) is 10.7. The number of thiazole rings is 1. The van der Waals surface area contributed by atoms with Crippen molar-refractivity contribution in [2.45, 2.75) is 13.3 Å². The van der Waals surface area contributed by atoms with E-state index < -0.39 is 0 Å². The van der Waals surface area contributed by atoms with Crippen molar-refractivity contribution in [3.63, 3.8) is 0 Å². The first-order chi connectivity index (χ1) is 9.78. The van der Waals surface area contributed by atoms with Gasteiger partial charge < -0.3 is 0 Å². The predicted octanol–water partition coefficient (Wildman–Crippen LogP) is 5.20. The first-order valence-corrected chi connectivity index (χ1v) is 8.11. The number of hydrogen-bond donors (Lipinski definition) is 0. The highest BCUT2D eigenvalue weighted by Crippen LogP contribution is 2.30. The number of nitrogens with zero attached hydrogens (tertiary/aromatic N) is 2. The van der Waals surface area contributed by atoms with Gasteiger partial charge in [0.2, 0.25) is 0 Å². The second-order valence-electron chi connectivity index (χ2n) is 4.41. The van der Waals surface area contributed by atoms with Crippen LogP contribution in [0.2, 0.25) is 0 Å². The Bertz CT molecular complexity index is 719. The van der Waals surface area contributed by atoms with Gasteiger partial charge in [-0.15, -0.1) is 11.3 Å². The summed E-state index contributed by atoms with van der Waals surface area (Å²) in [5.74, 6) is 0. The van der Waals surface area contributed by atoms with Crippen molar-refractivity contribution in [3.8, 4) is 22.0 Å². The molecule has 2 nitrogen and oxygen atoms in total. The summed E-state index contributed by atoms with van der Waals surface area (Å²) in [5, 5.41) is 3.08. The molecular weight excluding hydrogens is 332 g/mol. The van der Waals surface area contributed by atoms with Crippen LogP contribution >= 0.6 is 27.3 Å². The van der Waals surface area contributed by atoms with Crippen LogP contribution in [0.4, 0.5) is 0 Å². The predicted molar refractivity (Wildman–Crippen MR) is 87.9 cm³/mol. The van der Waals surface area contributed by atoms with E-state index in [-0.39, 0.29) is 0 Å². The molecule has 0 bridgehead atoms. The Morgan fingerprint density at radius 2 is 1.95 bits per heavy atom. The number of halogens is 1. The van der Waals surface area contributed by atoms with Crippen LogP contribution < -0.4 is 0 Å². The van der Waals surface area contributed by atoms with E-state index in [9.17, 15) is 0 Å². The van der Waals surface area contributed by atoms with Gasteiger partial charge in [0.25, 0.3) is 0 Å². The molecule has 1 aromatic carbocycles. The van der Waals surface area contributed by atoms with Crippen LogP contribution in [0.3, 0.4) is 0 Å². The van der Waals surface area contributed by atoms with E-state index in [2.05, 4.69) is 51.4 Å². The minimum atomic E-state index is 0.969. The lowest BCUT2D eigenvalue weighted by atomic mass is 10.1. The zero-order valence-corrected chi connectivity index (χ0v) is 13.4. The molecular formula is C16H13BrN2S. The van der Waals surface area contributed by atoms with E-state index in [4.69, 9.17) is 4.98 Å². The lowest BCUT2D eigenvalue weighted by molar-refractivity contribution is 1.10. The lowest BCUT2D eigenvalue weighted by Gasteiger charge is -2.02. The fourth-order valence-electron chi connectivity index (χ4n) is 2.05. The van der Waals surface area contributed by atoms with E-state index in [1.165, 1.54) is 5.56 Å². The van der Waals surface area contributed by atoms with Crippen LogP contribution in [0.1, 0.15) is 12.5 Å². The van der Waals surface area contributed by atoms with Gasteiger partial charge in [0.1, 0.15) is 10.7 Å². The van der Waals surface area contributed by atoms with Crippen LogP contribution in [0.15, 0.2) is 52.4 Å². The van der Waals surface area contributed by atoms with E-state index in [1.807, 2.05) is 24.4 Å². The van der Waals surface area contributed by atoms with Crippen LogP contribution in [0.25, 0.3) is 22.0 Å². The second-order valence-corrected chi connectivity index (χ2v) is 6.18. The summed E-state index contributed by atoms with van der Waals surface area (Å²) < 4.78 is 1.08. The molecule has 0 aliphatic rings. The van der Waals surface area contributed by atoms with Gasteiger partial charge in [-0.3, -0.25) is 4.98 Å². The lowest BCUT2D eigenvalue weighted by Crippen LogP contribution is -1.90. The minimum absolute atomic E-state index is 0.969. The Morgan fingerprint density at radius 3 is 2.70 bits per heavy atom. The van der Waals surface area contributed by atoms with E-state index >= 15 is 0 Å².